The van der Waals surface area contributed by atoms with Crippen molar-refractivity contribution >= 4 is 92.4 Å². The van der Waals surface area contributed by atoms with E-state index in [4.69, 9.17) is 70.8 Å². The molecule has 2 rings (SSSR count). The fourth-order valence-electron chi connectivity index (χ4n) is 2.22. The molecule has 2 aromatic carbocycles. The highest BCUT2D eigenvalue weighted by atomic mass is 35.5. The molecule has 0 spiro atoms. The lowest BCUT2D eigenvalue weighted by Crippen LogP contribution is -2.44. The summed E-state index contributed by atoms with van der Waals surface area (Å²) in [6.07, 6.45) is 0. The van der Waals surface area contributed by atoms with Crippen molar-refractivity contribution in [3.05, 3.63) is 56.5 Å². The summed E-state index contributed by atoms with van der Waals surface area (Å²) >= 11 is 35.0. The quantitative estimate of drug-likeness (QED) is 0.329. The smallest absolute Gasteiger partial charge is 0.170 e. The lowest BCUT2D eigenvalue weighted by Gasteiger charge is -2.27. The van der Waals surface area contributed by atoms with Gasteiger partial charge < -0.3 is 21.3 Å². The summed E-state index contributed by atoms with van der Waals surface area (Å²) in [6.45, 7) is 5.36. The van der Waals surface area contributed by atoms with E-state index in [1.165, 1.54) is 0 Å². The monoisotopic (exact) mass is 508 g/mol. The number of benzene rings is 2. The van der Waals surface area contributed by atoms with Crippen LogP contribution in [0.5, 0.6) is 0 Å². The molecule has 0 aliphatic rings. The van der Waals surface area contributed by atoms with E-state index in [0.29, 0.717) is 54.8 Å². The lowest BCUT2D eigenvalue weighted by molar-refractivity contribution is 0.362. The highest BCUT2D eigenvalue weighted by Gasteiger charge is 2.19. The molecule has 0 aliphatic carbocycles. The molecule has 4 N–H and O–H groups in total. The van der Waals surface area contributed by atoms with Gasteiger partial charge >= 0.3 is 0 Å². The predicted octanol–water partition coefficient (Wildman–Crippen LogP) is 6.60. The van der Waals surface area contributed by atoms with Crippen molar-refractivity contribution in [1.29, 1.82) is 0 Å². The highest BCUT2D eigenvalue weighted by Crippen LogP contribution is 2.26. The van der Waals surface area contributed by atoms with E-state index in [0.717, 1.165) is 0 Å². The number of nitrogens with one attached hydrogen (secondary N) is 4. The van der Waals surface area contributed by atoms with Crippen LogP contribution in [0.1, 0.15) is 13.8 Å². The third kappa shape index (κ3) is 8.32. The van der Waals surface area contributed by atoms with Crippen molar-refractivity contribution in [2.75, 3.05) is 23.7 Å². The molecule has 0 bridgehead atoms. The molecule has 0 fully saturated rings. The van der Waals surface area contributed by atoms with Gasteiger partial charge in [0.05, 0.1) is 21.4 Å². The molecule has 0 aliphatic heterocycles. The SMILES string of the molecule is CC(C)(CNC(=S)Nc1cc(Cl)ccc1Cl)CNC(=S)Nc1cc(Cl)ccc1Cl. The van der Waals surface area contributed by atoms with Crippen LogP contribution in [-0.4, -0.2) is 23.3 Å². The molecule has 0 saturated carbocycles. The van der Waals surface area contributed by atoms with Crippen molar-refractivity contribution in [3.63, 3.8) is 0 Å². The first-order valence-corrected chi connectivity index (χ1v) is 10.9. The summed E-state index contributed by atoms with van der Waals surface area (Å²) in [5, 5.41) is 15.6. The van der Waals surface area contributed by atoms with Gasteiger partial charge in [0, 0.05) is 23.1 Å². The molecule has 156 valence electrons. The Labute approximate surface area is 201 Å². The van der Waals surface area contributed by atoms with E-state index in [1.807, 2.05) is 0 Å². The van der Waals surface area contributed by atoms with E-state index in [9.17, 15) is 0 Å². The largest absolute Gasteiger partial charge is 0.362 e. The van der Waals surface area contributed by atoms with Gasteiger partial charge in [0.1, 0.15) is 0 Å². The van der Waals surface area contributed by atoms with Gasteiger partial charge in [0.25, 0.3) is 0 Å². The van der Waals surface area contributed by atoms with Crippen LogP contribution in [0.4, 0.5) is 11.4 Å². The van der Waals surface area contributed by atoms with Gasteiger partial charge in [-0.3, -0.25) is 0 Å². The second kappa shape index (κ2) is 10.8. The first-order valence-electron chi connectivity index (χ1n) is 8.55. The molecule has 0 unspecified atom stereocenters. The van der Waals surface area contributed by atoms with E-state index in [-0.39, 0.29) is 5.41 Å². The second-order valence-electron chi connectivity index (χ2n) is 7.03. The lowest BCUT2D eigenvalue weighted by atomic mass is 9.93. The molecule has 0 saturated heterocycles. The van der Waals surface area contributed by atoms with E-state index in [2.05, 4.69) is 35.1 Å². The van der Waals surface area contributed by atoms with E-state index < -0.39 is 0 Å². The molecule has 2 aromatic rings. The third-order valence-electron chi connectivity index (χ3n) is 3.81. The molecule has 0 heterocycles. The van der Waals surface area contributed by atoms with Gasteiger partial charge in [-0.1, -0.05) is 60.3 Å². The zero-order valence-corrected chi connectivity index (χ0v) is 20.4. The minimum absolute atomic E-state index is 0.159. The Kier molecular flexibility index (Phi) is 9.07. The fraction of sp³-hybridized carbons (Fsp3) is 0.263. The number of thiocarbonyl (C=S) groups is 2. The van der Waals surface area contributed by atoms with Gasteiger partial charge in [-0.25, -0.2) is 0 Å². The zero-order valence-electron chi connectivity index (χ0n) is 15.7. The number of hydrogen-bond donors (Lipinski definition) is 4. The summed E-state index contributed by atoms with van der Waals surface area (Å²) in [4.78, 5) is 0. The van der Waals surface area contributed by atoms with Crippen molar-refractivity contribution in [3.8, 4) is 0 Å². The van der Waals surface area contributed by atoms with Crippen LogP contribution in [0.2, 0.25) is 20.1 Å². The average Bonchev–Trinajstić information content (AvgIpc) is 2.65. The highest BCUT2D eigenvalue weighted by molar-refractivity contribution is 7.80. The molecule has 0 radical (unpaired) electrons. The molecule has 29 heavy (non-hydrogen) atoms. The number of rotatable bonds is 6. The molecular formula is C19H20Cl4N4S2. The molecule has 0 aromatic heterocycles. The normalized spacial score (nSPS) is 11.0. The minimum Gasteiger partial charge on any atom is -0.362 e. The molecule has 4 nitrogen and oxygen atoms in total. The van der Waals surface area contributed by atoms with Gasteiger partial charge in [-0.05, 0) is 66.2 Å². The summed E-state index contributed by atoms with van der Waals surface area (Å²) in [6, 6.07) is 10.3. The summed E-state index contributed by atoms with van der Waals surface area (Å²) in [5.41, 5.74) is 1.14. The number of anilines is 2. The van der Waals surface area contributed by atoms with Crippen LogP contribution in [0, 0.1) is 5.41 Å². The second-order valence-corrected chi connectivity index (χ2v) is 9.53. The van der Waals surface area contributed by atoms with Crippen molar-refractivity contribution in [2.45, 2.75) is 13.8 Å². The van der Waals surface area contributed by atoms with Gasteiger partial charge in [0.2, 0.25) is 0 Å². The Balaban J connectivity index is 1.81. The molecule has 0 amide bonds. The van der Waals surface area contributed by atoms with Crippen LogP contribution in [-0.2, 0) is 0 Å². The standard InChI is InChI=1S/C19H20Cl4N4S2/c1-19(2,9-24-17(28)26-15-7-11(20)3-5-13(15)22)10-25-18(29)27-16-8-12(21)4-6-14(16)23/h3-8H,9-10H2,1-2H3,(H2,24,26,28)(H2,25,27,29). The van der Waals surface area contributed by atoms with Crippen molar-refractivity contribution in [2.24, 2.45) is 5.41 Å². The fourth-order valence-corrected chi connectivity index (χ4v) is 3.26. The summed E-state index contributed by atoms with van der Waals surface area (Å²) < 4.78 is 0. The maximum Gasteiger partial charge on any atom is 0.170 e. The topological polar surface area (TPSA) is 48.1 Å². The Morgan fingerprint density at radius 2 is 1.14 bits per heavy atom. The van der Waals surface area contributed by atoms with Crippen LogP contribution in [0.25, 0.3) is 0 Å². The van der Waals surface area contributed by atoms with Crippen LogP contribution < -0.4 is 21.3 Å². The first-order chi connectivity index (χ1) is 13.6. The number of hydrogen-bond acceptors (Lipinski definition) is 2. The maximum absolute atomic E-state index is 6.14. The Bertz CT molecular complexity index is 834. The average molecular weight is 510 g/mol. The van der Waals surface area contributed by atoms with Gasteiger partial charge in [0.15, 0.2) is 10.2 Å². The first kappa shape index (κ1) is 24.3. The van der Waals surface area contributed by atoms with E-state index >= 15 is 0 Å². The Hall–Kier alpha value is -1.02. The molecule has 0 atom stereocenters. The van der Waals surface area contributed by atoms with Crippen LogP contribution in [0.15, 0.2) is 36.4 Å². The zero-order chi connectivity index (χ0) is 21.6. The minimum atomic E-state index is -0.159. The van der Waals surface area contributed by atoms with Crippen LogP contribution in [0.3, 0.4) is 0 Å². The van der Waals surface area contributed by atoms with Crippen molar-refractivity contribution < 1.29 is 0 Å². The summed E-state index contributed by atoms with van der Waals surface area (Å²) in [5.74, 6) is 0. The predicted molar refractivity (Wildman–Crippen MR) is 135 cm³/mol. The van der Waals surface area contributed by atoms with Gasteiger partial charge in [-0.2, -0.15) is 0 Å². The Morgan fingerprint density at radius 3 is 1.52 bits per heavy atom. The Morgan fingerprint density at radius 1 is 0.759 bits per heavy atom. The van der Waals surface area contributed by atoms with Crippen LogP contribution >= 0.6 is 70.8 Å². The maximum atomic E-state index is 6.14. The third-order valence-corrected chi connectivity index (χ3v) is 5.43. The number of halogens is 4. The van der Waals surface area contributed by atoms with Crippen molar-refractivity contribution in [1.82, 2.24) is 10.6 Å². The van der Waals surface area contributed by atoms with E-state index in [1.54, 1.807) is 36.4 Å². The molecular weight excluding hydrogens is 490 g/mol. The summed E-state index contributed by atoms with van der Waals surface area (Å²) in [7, 11) is 0. The molecule has 10 heteroatoms. The van der Waals surface area contributed by atoms with Gasteiger partial charge in [-0.15, -0.1) is 0 Å².